The van der Waals surface area contributed by atoms with Gasteiger partial charge in [-0.25, -0.2) is 9.97 Å². The Labute approximate surface area is 112 Å². The topological polar surface area (TPSA) is 39.9 Å². The van der Waals surface area contributed by atoms with Crippen molar-refractivity contribution in [1.82, 2.24) is 14.5 Å². The lowest BCUT2D eigenvalue weighted by molar-refractivity contribution is 0.191. The van der Waals surface area contributed by atoms with Crippen LogP contribution in [0.25, 0.3) is 11.2 Å². The summed E-state index contributed by atoms with van der Waals surface area (Å²) in [7, 11) is 1.74. The van der Waals surface area contributed by atoms with Gasteiger partial charge in [0, 0.05) is 26.5 Å². The van der Waals surface area contributed by atoms with E-state index in [0.717, 1.165) is 49.4 Å². The SMILES string of the molecule is COCCCCCn1c(CCl)nc2cccnc21. The molecule has 0 amide bonds. The molecule has 98 valence electrons. The number of aryl methyl sites for hydroxylation is 1. The van der Waals surface area contributed by atoms with E-state index in [0.29, 0.717) is 5.88 Å². The van der Waals surface area contributed by atoms with Gasteiger partial charge in [0.1, 0.15) is 11.3 Å². The fraction of sp³-hybridized carbons (Fsp3) is 0.538. The minimum Gasteiger partial charge on any atom is -0.385 e. The van der Waals surface area contributed by atoms with Crippen LogP contribution in [-0.2, 0) is 17.2 Å². The minimum atomic E-state index is 0.425. The quantitative estimate of drug-likeness (QED) is 0.572. The van der Waals surface area contributed by atoms with Crippen molar-refractivity contribution in [3.05, 3.63) is 24.2 Å². The predicted molar refractivity (Wildman–Crippen MR) is 72.8 cm³/mol. The zero-order chi connectivity index (χ0) is 12.8. The van der Waals surface area contributed by atoms with Crippen molar-refractivity contribution in [2.45, 2.75) is 31.7 Å². The van der Waals surface area contributed by atoms with Gasteiger partial charge in [-0.1, -0.05) is 0 Å². The lowest BCUT2D eigenvalue weighted by atomic mass is 10.2. The summed E-state index contributed by atoms with van der Waals surface area (Å²) < 4.78 is 7.16. The lowest BCUT2D eigenvalue weighted by Crippen LogP contribution is -2.04. The van der Waals surface area contributed by atoms with Crippen molar-refractivity contribution >= 4 is 22.8 Å². The van der Waals surface area contributed by atoms with E-state index >= 15 is 0 Å². The van der Waals surface area contributed by atoms with Crippen molar-refractivity contribution in [1.29, 1.82) is 0 Å². The van der Waals surface area contributed by atoms with Crippen molar-refractivity contribution in [3.8, 4) is 0 Å². The highest BCUT2D eigenvalue weighted by Crippen LogP contribution is 2.16. The second-order valence-corrected chi connectivity index (χ2v) is 4.48. The van der Waals surface area contributed by atoms with Gasteiger partial charge in [0.2, 0.25) is 0 Å². The molecule has 0 aliphatic carbocycles. The van der Waals surface area contributed by atoms with Crippen LogP contribution in [0.2, 0.25) is 0 Å². The van der Waals surface area contributed by atoms with Crippen molar-refractivity contribution in [2.75, 3.05) is 13.7 Å². The first-order valence-electron chi connectivity index (χ1n) is 6.22. The number of pyridine rings is 1. The molecule has 2 heterocycles. The maximum absolute atomic E-state index is 5.93. The zero-order valence-corrected chi connectivity index (χ0v) is 11.4. The molecule has 0 saturated carbocycles. The Morgan fingerprint density at radius 2 is 2.22 bits per heavy atom. The molecule has 0 spiro atoms. The van der Waals surface area contributed by atoms with Crippen LogP contribution in [0.3, 0.4) is 0 Å². The Morgan fingerprint density at radius 1 is 1.33 bits per heavy atom. The molecule has 4 nitrogen and oxygen atoms in total. The highest BCUT2D eigenvalue weighted by Gasteiger charge is 2.09. The van der Waals surface area contributed by atoms with Gasteiger partial charge in [-0.3, -0.25) is 0 Å². The molecule has 5 heteroatoms. The summed E-state index contributed by atoms with van der Waals surface area (Å²) in [5.74, 6) is 1.33. The van der Waals surface area contributed by atoms with Crippen LogP contribution in [-0.4, -0.2) is 28.3 Å². The number of hydrogen-bond donors (Lipinski definition) is 0. The van der Waals surface area contributed by atoms with Gasteiger partial charge < -0.3 is 9.30 Å². The van der Waals surface area contributed by atoms with E-state index in [1.807, 2.05) is 12.1 Å². The average Bonchev–Trinajstić information content (AvgIpc) is 2.77. The van der Waals surface area contributed by atoms with Gasteiger partial charge in [-0.05, 0) is 31.4 Å². The number of methoxy groups -OCH3 is 1. The number of hydrogen-bond acceptors (Lipinski definition) is 3. The summed E-state index contributed by atoms with van der Waals surface area (Å²) in [6.45, 7) is 1.74. The Bertz CT molecular complexity index is 498. The number of ether oxygens (including phenoxy) is 1. The molecule has 0 aliphatic heterocycles. The van der Waals surface area contributed by atoms with Gasteiger partial charge in [-0.15, -0.1) is 11.6 Å². The van der Waals surface area contributed by atoms with Gasteiger partial charge in [0.05, 0.1) is 5.88 Å². The molecule has 0 N–H and O–H groups in total. The number of aromatic nitrogens is 3. The third-order valence-corrected chi connectivity index (χ3v) is 3.17. The fourth-order valence-corrected chi connectivity index (χ4v) is 2.24. The molecule has 2 aromatic rings. The van der Waals surface area contributed by atoms with E-state index in [1.165, 1.54) is 0 Å². The summed E-state index contributed by atoms with van der Waals surface area (Å²) in [6.07, 6.45) is 5.12. The van der Waals surface area contributed by atoms with E-state index in [2.05, 4.69) is 14.5 Å². The summed E-state index contributed by atoms with van der Waals surface area (Å²) in [6, 6.07) is 3.87. The van der Waals surface area contributed by atoms with Crippen LogP contribution in [0.15, 0.2) is 18.3 Å². The summed E-state index contributed by atoms with van der Waals surface area (Å²) in [5, 5.41) is 0. The van der Waals surface area contributed by atoms with Gasteiger partial charge in [0.25, 0.3) is 0 Å². The number of fused-ring (bicyclic) bond motifs is 1. The minimum absolute atomic E-state index is 0.425. The van der Waals surface area contributed by atoms with Crippen LogP contribution in [0.5, 0.6) is 0 Å². The molecule has 2 aromatic heterocycles. The largest absolute Gasteiger partial charge is 0.385 e. The maximum Gasteiger partial charge on any atom is 0.160 e. The Morgan fingerprint density at radius 3 is 3.00 bits per heavy atom. The second-order valence-electron chi connectivity index (χ2n) is 4.21. The van der Waals surface area contributed by atoms with Crippen LogP contribution < -0.4 is 0 Å². The number of alkyl halides is 1. The summed E-state index contributed by atoms with van der Waals surface area (Å²) in [4.78, 5) is 8.87. The number of nitrogens with zero attached hydrogens (tertiary/aromatic N) is 3. The highest BCUT2D eigenvalue weighted by molar-refractivity contribution is 6.16. The first-order valence-corrected chi connectivity index (χ1v) is 6.75. The molecule has 0 fully saturated rings. The Hall–Kier alpha value is -1.13. The van der Waals surface area contributed by atoms with Crippen molar-refractivity contribution in [2.24, 2.45) is 0 Å². The molecule has 0 bridgehead atoms. The van der Waals surface area contributed by atoms with E-state index in [-0.39, 0.29) is 0 Å². The maximum atomic E-state index is 5.93. The third kappa shape index (κ3) is 3.00. The van der Waals surface area contributed by atoms with E-state index < -0.39 is 0 Å². The molecule has 0 atom stereocenters. The van der Waals surface area contributed by atoms with E-state index in [1.54, 1.807) is 13.3 Å². The lowest BCUT2D eigenvalue weighted by Gasteiger charge is -2.06. The normalized spacial score (nSPS) is 11.2. The summed E-state index contributed by atoms with van der Waals surface area (Å²) >= 11 is 5.93. The number of rotatable bonds is 7. The first-order chi connectivity index (χ1) is 8.86. The number of imidazole rings is 1. The van der Waals surface area contributed by atoms with E-state index in [9.17, 15) is 0 Å². The Balaban J connectivity index is 2.06. The monoisotopic (exact) mass is 267 g/mol. The Kier molecular flexibility index (Phi) is 4.96. The van der Waals surface area contributed by atoms with Crippen molar-refractivity contribution < 1.29 is 4.74 Å². The molecule has 0 unspecified atom stereocenters. The number of halogens is 1. The number of unbranched alkanes of at least 4 members (excludes halogenated alkanes) is 2. The van der Waals surface area contributed by atoms with E-state index in [4.69, 9.17) is 16.3 Å². The van der Waals surface area contributed by atoms with Gasteiger partial charge >= 0.3 is 0 Å². The fourth-order valence-electron chi connectivity index (χ4n) is 2.04. The molecule has 0 aromatic carbocycles. The summed E-state index contributed by atoms with van der Waals surface area (Å²) in [5.41, 5.74) is 1.85. The second kappa shape index (κ2) is 6.71. The van der Waals surface area contributed by atoms with Crippen LogP contribution >= 0.6 is 11.6 Å². The molecule has 2 rings (SSSR count). The molecule has 0 saturated heterocycles. The zero-order valence-electron chi connectivity index (χ0n) is 10.6. The van der Waals surface area contributed by atoms with Crippen molar-refractivity contribution in [3.63, 3.8) is 0 Å². The highest BCUT2D eigenvalue weighted by atomic mass is 35.5. The van der Waals surface area contributed by atoms with Crippen LogP contribution in [0.1, 0.15) is 25.1 Å². The molecular formula is C13H18ClN3O. The molecule has 18 heavy (non-hydrogen) atoms. The third-order valence-electron chi connectivity index (χ3n) is 2.93. The molecule has 0 aliphatic rings. The van der Waals surface area contributed by atoms with Gasteiger partial charge in [-0.2, -0.15) is 0 Å². The smallest absolute Gasteiger partial charge is 0.160 e. The predicted octanol–water partition coefficient (Wildman–Crippen LogP) is 2.99. The standard InChI is InChI=1S/C13H18ClN3O/c1-18-9-4-2-3-8-17-12(10-14)16-11-6-5-7-15-13(11)17/h5-7H,2-4,8-10H2,1H3. The first kappa shape index (κ1) is 13.3. The molecule has 0 radical (unpaired) electrons. The molecular weight excluding hydrogens is 250 g/mol. The van der Waals surface area contributed by atoms with Crippen LogP contribution in [0, 0.1) is 0 Å². The van der Waals surface area contributed by atoms with Gasteiger partial charge in [0.15, 0.2) is 5.65 Å². The average molecular weight is 268 g/mol. The van der Waals surface area contributed by atoms with Crippen LogP contribution in [0.4, 0.5) is 0 Å².